The monoisotopic (exact) mass is 462 g/mol. The van der Waals surface area contributed by atoms with Crippen molar-refractivity contribution in [2.75, 3.05) is 6.54 Å². The molecule has 0 bridgehead atoms. The van der Waals surface area contributed by atoms with Gasteiger partial charge in [-0.1, -0.05) is 13.5 Å². The SMILES string of the molecule is C=Cc1cc(-c2c(F)cc(C)cc2F)c2c(n1)CNCC2.CCc1cc(C(F)(F)F)ncn1. The van der Waals surface area contributed by atoms with Gasteiger partial charge in [0.05, 0.1) is 17.0 Å². The number of aryl methyl sites for hydroxylation is 2. The Balaban J connectivity index is 0.000000218. The Kier molecular flexibility index (Phi) is 7.53. The average Bonchev–Trinajstić information content (AvgIpc) is 2.78. The minimum atomic E-state index is -4.37. The number of pyridine rings is 1. The topological polar surface area (TPSA) is 50.7 Å². The second-order valence-corrected chi connectivity index (χ2v) is 7.50. The summed E-state index contributed by atoms with van der Waals surface area (Å²) in [5, 5.41) is 3.22. The van der Waals surface area contributed by atoms with Crippen molar-refractivity contribution >= 4 is 6.08 Å². The number of fused-ring (bicyclic) bond motifs is 1. The largest absolute Gasteiger partial charge is 0.433 e. The predicted octanol–water partition coefficient (Wildman–Crippen LogP) is 5.68. The van der Waals surface area contributed by atoms with Crippen molar-refractivity contribution < 1.29 is 22.0 Å². The Morgan fingerprint density at radius 1 is 1.09 bits per heavy atom. The number of halogens is 5. The molecule has 0 radical (unpaired) electrons. The van der Waals surface area contributed by atoms with Gasteiger partial charge in [0, 0.05) is 12.2 Å². The molecular weight excluding hydrogens is 439 g/mol. The van der Waals surface area contributed by atoms with Gasteiger partial charge < -0.3 is 5.32 Å². The van der Waals surface area contributed by atoms with Gasteiger partial charge in [-0.15, -0.1) is 0 Å². The normalized spacial score (nSPS) is 13.1. The summed E-state index contributed by atoms with van der Waals surface area (Å²) < 4.78 is 64.6. The van der Waals surface area contributed by atoms with Gasteiger partial charge in [0.2, 0.25) is 0 Å². The molecule has 0 unspecified atom stereocenters. The zero-order chi connectivity index (χ0) is 24.2. The Morgan fingerprint density at radius 3 is 2.39 bits per heavy atom. The highest BCUT2D eigenvalue weighted by Gasteiger charge is 2.32. The summed E-state index contributed by atoms with van der Waals surface area (Å²) >= 11 is 0. The summed E-state index contributed by atoms with van der Waals surface area (Å²) in [6, 6.07) is 5.40. The molecule has 2 aromatic heterocycles. The Hall–Kier alpha value is -3.20. The van der Waals surface area contributed by atoms with Crippen LogP contribution in [0.4, 0.5) is 22.0 Å². The average molecular weight is 462 g/mol. The predicted molar refractivity (Wildman–Crippen MR) is 116 cm³/mol. The van der Waals surface area contributed by atoms with Crippen molar-refractivity contribution in [2.24, 2.45) is 0 Å². The number of rotatable bonds is 3. The molecule has 0 saturated heterocycles. The number of benzene rings is 1. The van der Waals surface area contributed by atoms with E-state index in [0.29, 0.717) is 41.9 Å². The standard InChI is InChI=1S/C17H16F2N2.C7H7F3N2/c1-3-11-8-13(12-4-5-20-9-16(12)21-11)17-14(18)6-10(2)7-15(17)19;1-2-5-3-6(7(8,9)10)12-4-11-5/h3,6-8,20H,1,4-5,9H2,2H3;3-4H,2H2,1H3. The van der Waals surface area contributed by atoms with Gasteiger partial charge in [-0.2, -0.15) is 13.2 Å². The molecule has 3 heterocycles. The van der Waals surface area contributed by atoms with Crippen LogP contribution in [-0.4, -0.2) is 21.5 Å². The van der Waals surface area contributed by atoms with Crippen LogP contribution < -0.4 is 5.32 Å². The Labute approximate surface area is 188 Å². The lowest BCUT2D eigenvalue weighted by Crippen LogP contribution is -2.25. The van der Waals surface area contributed by atoms with Crippen LogP contribution in [-0.2, 0) is 25.6 Å². The van der Waals surface area contributed by atoms with Crippen LogP contribution in [0.25, 0.3) is 17.2 Å². The molecule has 1 aliphatic rings. The van der Waals surface area contributed by atoms with Crippen molar-refractivity contribution in [3.05, 3.63) is 82.7 Å². The first-order valence-electron chi connectivity index (χ1n) is 10.3. The van der Waals surface area contributed by atoms with Crippen molar-refractivity contribution in [1.82, 2.24) is 20.3 Å². The molecule has 1 aromatic carbocycles. The van der Waals surface area contributed by atoms with Gasteiger partial charge in [0.1, 0.15) is 23.7 Å². The Morgan fingerprint density at radius 2 is 1.79 bits per heavy atom. The van der Waals surface area contributed by atoms with E-state index in [1.54, 1.807) is 26.0 Å². The highest BCUT2D eigenvalue weighted by molar-refractivity contribution is 5.72. The van der Waals surface area contributed by atoms with Crippen LogP contribution in [0.3, 0.4) is 0 Å². The Bertz CT molecular complexity index is 1140. The van der Waals surface area contributed by atoms with Crippen molar-refractivity contribution in [3.8, 4) is 11.1 Å². The number of alkyl halides is 3. The number of nitrogens with zero attached hydrogens (tertiary/aromatic N) is 3. The lowest BCUT2D eigenvalue weighted by atomic mass is 9.92. The molecule has 0 atom stereocenters. The molecule has 174 valence electrons. The van der Waals surface area contributed by atoms with Crippen LogP contribution in [0.5, 0.6) is 0 Å². The summed E-state index contributed by atoms with van der Waals surface area (Å²) in [5.41, 5.74) is 3.10. The molecule has 0 spiro atoms. The van der Waals surface area contributed by atoms with Crippen LogP contribution in [0.15, 0.2) is 37.2 Å². The number of hydrogen-bond acceptors (Lipinski definition) is 4. The summed E-state index contributed by atoms with van der Waals surface area (Å²) in [7, 11) is 0. The van der Waals surface area contributed by atoms with E-state index in [-0.39, 0.29) is 5.56 Å². The molecule has 33 heavy (non-hydrogen) atoms. The van der Waals surface area contributed by atoms with Gasteiger partial charge in [0.25, 0.3) is 0 Å². The molecule has 4 nitrogen and oxygen atoms in total. The molecule has 1 N–H and O–H groups in total. The van der Waals surface area contributed by atoms with Crippen molar-refractivity contribution in [3.63, 3.8) is 0 Å². The lowest BCUT2D eigenvalue weighted by Gasteiger charge is -2.21. The summed E-state index contributed by atoms with van der Waals surface area (Å²) in [4.78, 5) is 11.3. The number of aromatic nitrogens is 3. The molecule has 0 aliphatic carbocycles. The van der Waals surface area contributed by atoms with Gasteiger partial charge in [-0.25, -0.2) is 18.7 Å². The maximum atomic E-state index is 14.3. The van der Waals surface area contributed by atoms with Crippen LogP contribution >= 0.6 is 0 Å². The van der Waals surface area contributed by atoms with Crippen LogP contribution in [0, 0.1) is 18.6 Å². The first-order chi connectivity index (χ1) is 15.6. The maximum absolute atomic E-state index is 14.3. The van der Waals surface area contributed by atoms with E-state index in [0.717, 1.165) is 30.2 Å². The fraction of sp³-hybridized carbons (Fsp3) is 0.292. The zero-order valence-electron chi connectivity index (χ0n) is 18.2. The first-order valence-corrected chi connectivity index (χ1v) is 10.3. The van der Waals surface area contributed by atoms with E-state index in [2.05, 4.69) is 26.8 Å². The molecule has 0 amide bonds. The fourth-order valence-electron chi connectivity index (χ4n) is 3.52. The van der Waals surface area contributed by atoms with Crippen molar-refractivity contribution in [2.45, 2.75) is 39.4 Å². The van der Waals surface area contributed by atoms with E-state index >= 15 is 0 Å². The highest BCUT2D eigenvalue weighted by atomic mass is 19.4. The molecular formula is C24H23F5N4. The minimum Gasteiger partial charge on any atom is -0.311 e. The van der Waals surface area contributed by atoms with Gasteiger partial charge in [-0.05, 0) is 73.3 Å². The third-order valence-corrected chi connectivity index (χ3v) is 5.12. The zero-order valence-corrected chi connectivity index (χ0v) is 18.2. The van der Waals surface area contributed by atoms with Crippen molar-refractivity contribution in [1.29, 1.82) is 0 Å². The maximum Gasteiger partial charge on any atom is 0.433 e. The van der Waals surface area contributed by atoms with Gasteiger partial charge in [0.15, 0.2) is 0 Å². The van der Waals surface area contributed by atoms with E-state index in [1.165, 1.54) is 12.1 Å². The smallest absolute Gasteiger partial charge is 0.311 e. The first kappa shape index (κ1) is 24.4. The molecule has 9 heteroatoms. The summed E-state index contributed by atoms with van der Waals surface area (Å²) in [6.45, 7) is 8.51. The third kappa shape index (κ3) is 5.78. The second kappa shape index (κ2) is 10.2. The summed E-state index contributed by atoms with van der Waals surface area (Å²) in [6.07, 6.45) is -0.648. The highest BCUT2D eigenvalue weighted by Crippen LogP contribution is 2.33. The van der Waals surface area contributed by atoms with E-state index in [1.807, 2.05) is 0 Å². The van der Waals surface area contributed by atoms with Gasteiger partial charge >= 0.3 is 6.18 Å². The molecule has 0 saturated carbocycles. The summed E-state index contributed by atoms with van der Waals surface area (Å²) in [5.74, 6) is -1.07. The number of hydrogen-bond donors (Lipinski definition) is 1. The quantitative estimate of drug-likeness (QED) is 0.509. The molecule has 1 aliphatic heterocycles. The molecule has 0 fully saturated rings. The second-order valence-electron chi connectivity index (χ2n) is 7.50. The minimum absolute atomic E-state index is 0.0317. The third-order valence-electron chi connectivity index (χ3n) is 5.12. The van der Waals surface area contributed by atoms with E-state index in [4.69, 9.17) is 0 Å². The van der Waals surface area contributed by atoms with Crippen LogP contribution in [0.1, 0.15) is 40.8 Å². The van der Waals surface area contributed by atoms with E-state index in [9.17, 15) is 22.0 Å². The number of nitrogens with one attached hydrogen (secondary N) is 1. The van der Waals surface area contributed by atoms with E-state index < -0.39 is 23.5 Å². The lowest BCUT2D eigenvalue weighted by molar-refractivity contribution is -0.141. The fourth-order valence-corrected chi connectivity index (χ4v) is 3.52. The molecule has 3 aromatic rings. The van der Waals surface area contributed by atoms with Gasteiger partial charge in [-0.3, -0.25) is 4.98 Å². The van der Waals surface area contributed by atoms with Crippen LogP contribution in [0.2, 0.25) is 0 Å². The molecule has 4 rings (SSSR count).